The molecule has 2 aromatic rings. The van der Waals surface area contributed by atoms with Gasteiger partial charge in [0.05, 0.1) is 4.92 Å². The van der Waals surface area contributed by atoms with E-state index in [2.05, 4.69) is 36.7 Å². The van der Waals surface area contributed by atoms with Crippen molar-refractivity contribution in [3.8, 4) is 0 Å². The summed E-state index contributed by atoms with van der Waals surface area (Å²) in [6.45, 7) is 8.74. The topological polar surface area (TPSA) is 60.1 Å². The fraction of sp³-hybridized carbons (Fsp3) is 0.375. The lowest BCUT2D eigenvalue weighted by Gasteiger charge is -2.07. The van der Waals surface area contributed by atoms with Gasteiger partial charge in [0.15, 0.2) is 0 Å². The highest BCUT2D eigenvalue weighted by molar-refractivity contribution is 5.34. The van der Waals surface area contributed by atoms with Crippen molar-refractivity contribution in [1.82, 2.24) is 9.88 Å². The normalized spacial score (nSPS) is 10.8. The summed E-state index contributed by atoms with van der Waals surface area (Å²) in [5, 5.41) is 14.1. The van der Waals surface area contributed by atoms with Crippen molar-refractivity contribution >= 4 is 5.69 Å². The molecule has 0 aliphatic heterocycles. The largest absolute Gasteiger partial charge is 0.349 e. The Hall–Kier alpha value is -2.14. The van der Waals surface area contributed by atoms with E-state index in [0.29, 0.717) is 6.54 Å². The quantitative estimate of drug-likeness (QED) is 0.655. The van der Waals surface area contributed by atoms with Gasteiger partial charge in [-0.25, -0.2) is 0 Å². The number of rotatable bonds is 6. The molecule has 1 N–H and O–H groups in total. The fourth-order valence-corrected chi connectivity index (χ4v) is 2.66. The summed E-state index contributed by atoms with van der Waals surface area (Å²) in [6, 6.07) is 8.94. The zero-order chi connectivity index (χ0) is 15.4. The summed E-state index contributed by atoms with van der Waals surface area (Å²) in [4.78, 5) is 10.4. The van der Waals surface area contributed by atoms with Crippen LogP contribution in [-0.2, 0) is 19.6 Å². The van der Waals surface area contributed by atoms with E-state index in [0.717, 1.165) is 18.7 Å². The minimum Gasteiger partial charge on any atom is -0.349 e. The average Bonchev–Trinajstić information content (AvgIpc) is 2.73. The van der Waals surface area contributed by atoms with Crippen molar-refractivity contribution < 1.29 is 4.92 Å². The van der Waals surface area contributed by atoms with Gasteiger partial charge < -0.3 is 9.88 Å². The third-order valence-electron chi connectivity index (χ3n) is 3.76. The van der Waals surface area contributed by atoms with E-state index in [1.807, 2.05) is 6.07 Å². The molecule has 0 amide bonds. The zero-order valence-electron chi connectivity index (χ0n) is 12.7. The standard InChI is InChI=1S/C16H21N3O2/c1-4-18-12(2)8-15(13(18)3)11-17-10-14-6-5-7-16(9-14)19(20)21/h5-9,17H,4,10-11H2,1-3H3. The van der Waals surface area contributed by atoms with Crippen molar-refractivity contribution in [2.24, 2.45) is 0 Å². The molecule has 0 unspecified atom stereocenters. The molecule has 0 aliphatic rings. The number of nitro groups is 1. The lowest BCUT2D eigenvalue weighted by atomic mass is 10.2. The molecule has 0 atom stereocenters. The van der Waals surface area contributed by atoms with Crippen LogP contribution in [0.3, 0.4) is 0 Å². The van der Waals surface area contributed by atoms with Crippen LogP contribution >= 0.6 is 0 Å². The van der Waals surface area contributed by atoms with E-state index in [4.69, 9.17) is 0 Å². The lowest BCUT2D eigenvalue weighted by Crippen LogP contribution is -2.13. The third kappa shape index (κ3) is 3.49. The van der Waals surface area contributed by atoms with Crippen LogP contribution in [0.1, 0.15) is 29.4 Å². The molecule has 0 aliphatic carbocycles. The maximum atomic E-state index is 10.7. The van der Waals surface area contributed by atoms with Crippen LogP contribution in [0.4, 0.5) is 5.69 Å². The number of nitrogens with zero attached hydrogens (tertiary/aromatic N) is 2. The van der Waals surface area contributed by atoms with E-state index < -0.39 is 0 Å². The number of hydrogen-bond acceptors (Lipinski definition) is 3. The Balaban J connectivity index is 1.99. The molecule has 0 saturated heterocycles. The van der Waals surface area contributed by atoms with E-state index in [1.165, 1.54) is 23.0 Å². The molecule has 1 heterocycles. The smallest absolute Gasteiger partial charge is 0.269 e. The molecule has 1 aromatic carbocycles. The van der Waals surface area contributed by atoms with Crippen LogP contribution in [-0.4, -0.2) is 9.49 Å². The van der Waals surface area contributed by atoms with Crippen molar-refractivity contribution in [1.29, 1.82) is 0 Å². The van der Waals surface area contributed by atoms with E-state index >= 15 is 0 Å². The lowest BCUT2D eigenvalue weighted by molar-refractivity contribution is -0.384. The van der Waals surface area contributed by atoms with Gasteiger partial charge in [-0.1, -0.05) is 12.1 Å². The highest BCUT2D eigenvalue weighted by Crippen LogP contribution is 2.16. The number of nitro benzene ring substituents is 1. The Bertz CT molecular complexity index is 647. The minimum atomic E-state index is -0.363. The highest BCUT2D eigenvalue weighted by atomic mass is 16.6. The van der Waals surface area contributed by atoms with Crippen molar-refractivity contribution in [3.05, 3.63) is 63.0 Å². The summed E-state index contributed by atoms with van der Waals surface area (Å²) in [6.07, 6.45) is 0. The van der Waals surface area contributed by atoms with Crippen molar-refractivity contribution in [2.75, 3.05) is 0 Å². The summed E-state index contributed by atoms with van der Waals surface area (Å²) in [5.41, 5.74) is 4.88. The molecule has 0 spiro atoms. The fourth-order valence-electron chi connectivity index (χ4n) is 2.66. The maximum absolute atomic E-state index is 10.7. The van der Waals surface area contributed by atoms with Gasteiger partial charge in [0.2, 0.25) is 0 Å². The molecule has 5 heteroatoms. The number of aromatic nitrogens is 1. The summed E-state index contributed by atoms with van der Waals surface area (Å²) < 4.78 is 2.28. The van der Waals surface area contributed by atoms with Gasteiger partial charge in [-0.2, -0.15) is 0 Å². The van der Waals surface area contributed by atoms with Crippen molar-refractivity contribution in [3.63, 3.8) is 0 Å². The molecular weight excluding hydrogens is 266 g/mol. The number of hydrogen-bond donors (Lipinski definition) is 1. The monoisotopic (exact) mass is 287 g/mol. The van der Waals surface area contributed by atoms with Gasteiger partial charge >= 0.3 is 0 Å². The Morgan fingerprint density at radius 3 is 2.62 bits per heavy atom. The van der Waals surface area contributed by atoms with Gasteiger partial charge in [-0.15, -0.1) is 0 Å². The Morgan fingerprint density at radius 2 is 2.00 bits per heavy atom. The second kappa shape index (κ2) is 6.54. The molecule has 0 radical (unpaired) electrons. The molecule has 2 rings (SSSR count). The molecule has 112 valence electrons. The predicted octanol–water partition coefficient (Wildman–Crippen LogP) is 3.32. The third-order valence-corrected chi connectivity index (χ3v) is 3.76. The maximum Gasteiger partial charge on any atom is 0.269 e. The predicted molar refractivity (Wildman–Crippen MR) is 83.2 cm³/mol. The SMILES string of the molecule is CCn1c(C)cc(CNCc2cccc([N+](=O)[O-])c2)c1C. The number of aryl methyl sites for hydroxylation is 1. The van der Waals surface area contributed by atoms with E-state index in [1.54, 1.807) is 12.1 Å². The summed E-state index contributed by atoms with van der Waals surface area (Å²) in [7, 11) is 0. The number of nitrogens with one attached hydrogen (secondary N) is 1. The van der Waals surface area contributed by atoms with E-state index in [-0.39, 0.29) is 10.6 Å². The molecule has 0 bridgehead atoms. The first-order valence-corrected chi connectivity index (χ1v) is 7.12. The second-order valence-corrected chi connectivity index (χ2v) is 5.17. The molecule has 1 aromatic heterocycles. The number of benzene rings is 1. The highest BCUT2D eigenvalue weighted by Gasteiger charge is 2.08. The molecule has 0 fully saturated rings. The molecule has 21 heavy (non-hydrogen) atoms. The van der Waals surface area contributed by atoms with Crippen LogP contribution in [0, 0.1) is 24.0 Å². The summed E-state index contributed by atoms with van der Waals surface area (Å²) in [5.74, 6) is 0. The first-order valence-electron chi connectivity index (χ1n) is 7.12. The minimum absolute atomic E-state index is 0.137. The van der Waals surface area contributed by atoms with Crippen LogP contribution in [0.15, 0.2) is 30.3 Å². The van der Waals surface area contributed by atoms with Gasteiger partial charge in [0, 0.05) is 43.2 Å². The molecular formula is C16H21N3O2. The van der Waals surface area contributed by atoms with Gasteiger partial charge in [-0.05, 0) is 38.0 Å². The number of non-ortho nitro benzene ring substituents is 1. The van der Waals surface area contributed by atoms with Crippen LogP contribution in [0.25, 0.3) is 0 Å². The van der Waals surface area contributed by atoms with Gasteiger partial charge in [0.25, 0.3) is 5.69 Å². The van der Waals surface area contributed by atoms with Crippen molar-refractivity contribution in [2.45, 2.75) is 40.4 Å². The van der Waals surface area contributed by atoms with Crippen LogP contribution in [0.2, 0.25) is 0 Å². The Morgan fingerprint density at radius 1 is 1.24 bits per heavy atom. The Labute approximate surface area is 124 Å². The molecule has 0 saturated carbocycles. The zero-order valence-corrected chi connectivity index (χ0v) is 12.7. The molecule has 5 nitrogen and oxygen atoms in total. The second-order valence-electron chi connectivity index (χ2n) is 5.17. The summed E-state index contributed by atoms with van der Waals surface area (Å²) >= 11 is 0. The average molecular weight is 287 g/mol. The van der Waals surface area contributed by atoms with Gasteiger partial charge in [0.1, 0.15) is 0 Å². The first kappa shape index (κ1) is 15.3. The van der Waals surface area contributed by atoms with Crippen LogP contribution in [0.5, 0.6) is 0 Å². The van der Waals surface area contributed by atoms with Crippen LogP contribution < -0.4 is 5.32 Å². The van der Waals surface area contributed by atoms with Gasteiger partial charge in [-0.3, -0.25) is 10.1 Å². The van der Waals surface area contributed by atoms with E-state index in [9.17, 15) is 10.1 Å². The first-order chi connectivity index (χ1) is 10.0. The Kier molecular flexibility index (Phi) is 4.75.